The molecular formula is C16H15N5O4S. The fourth-order valence-corrected chi connectivity index (χ4v) is 3.61. The molecule has 0 saturated heterocycles. The van der Waals surface area contributed by atoms with Crippen molar-refractivity contribution in [2.45, 2.75) is 17.9 Å². The van der Waals surface area contributed by atoms with Crippen LogP contribution in [0.4, 0.5) is 5.69 Å². The zero-order valence-corrected chi connectivity index (χ0v) is 14.5. The number of benzene rings is 2. The standard InChI is InChI=1S/C16H15N5O4S/c1-12(13-2-4-14(5-3-13)20-11-17-10-18-20)19-26(24,25)16-8-6-15(7-9-16)21(22)23/h2-12,19H,1H3/t12-/m1/s1. The van der Waals surface area contributed by atoms with E-state index in [4.69, 9.17) is 0 Å². The van der Waals surface area contributed by atoms with Crippen LogP contribution in [-0.4, -0.2) is 28.1 Å². The first kappa shape index (κ1) is 17.7. The highest BCUT2D eigenvalue weighted by Gasteiger charge is 2.19. The Labute approximate surface area is 149 Å². The summed E-state index contributed by atoms with van der Waals surface area (Å²) < 4.78 is 29.0. The number of hydrogen-bond donors (Lipinski definition) is 1. The van der Waals surface area contributed by atoms with E-state index in [9.17, 15) is 18.5 Å². The number of nitrogens with one attached hydrogen (secondary N) is 1. The lowest BCUT2D eigenvalue weighted by atomic mass is 10.1. The van der Waals surface area contributed by atoms with Gasteiger partial charge in [0.25, 0.3) is 5.69 Å². The monoisotopic (exact) mass is 373 g/mol. The molecule has 0 radical (unpaired) electrons. The zero-order chi connectivity index (χ0) is 18.7. The summed E-state index contributed by atoms with van der Waals surface area (Å²) in [6.45, 7) is 1.72. The van der Waals surface area contributed by atoms with Gasteiger partial charge in [-0.3, -0.25) is 10.1 Å². The number of sulfonamides is 1. The number of hydrogen-bond acceptors (Lipinski definition) is 6. The van der Waals surface area contributed by atoms with Crippen LogP contribution in [0.2, 0.25) is 0 Å². The van der Waals surface area contributed by atoms with Gasteiger partial charge in [0.2, 0.25) is 10.0 Å². The van der Waals surface area contributed by atoms with E-state index in [1.54, 1.807) is 42.2 Å². The number of aromatic nitrogens is 3. The molecule has 0 unspecified atom stereocenters. The van der Waals surface area contributed by atoms with Gasteiger partial charge in [-0.25, -0.2) is 22.8 Å². The van der Waals surface area contributed by atoms with Crippen molar-refractivity contribution in [3.05, 3.63) is 76.9 Å². The molecule has 0 bridgehead atoms. The lowest BCUT2D eigenvalue weighted by Crippen LogP contribution is -2.26. The largest absolute Gasteiger partial charge is 0.269 e. The predicted molar refractivity (Wildman–Crippen MR) is 93.2 cm³/mol. The van der Waals surface area contributed by atoms with Crippen molar-refractivity contribution in [3.8, 4) is 5.69 Å². The molecule has 3 aromatic rings. The zero-order valence-electron chi connectivity index (χ0n) is 13.7. The summed E-state index contributed by atoms with van der Waals surface area (Å²) in [6.07, 6.45) is 2.99. The van der Waals surface area contributed by atoms with Gasteiger partial charge in [0.05, 0.1) is 15.5 Å². The third-order valence-electron chi connectivity index (χ3n) is 3.77. The van der Waals surface area contributed by atoms with Gasteiger partial charge in [-0.15, -0.1) is 0 Å². The first-order chi connectivity index (χ1) is 12.4. The highest BCUT2D eigenvalue weighted by atomic mass is 32.2. The van der Waals surface area contributed by atoms with E-state index in [-0.39, 0.29) is 10.6 Å². The van der Waals surface area contributed by atoms with Gasteiger partial charge in [-0.2, -0.15) is 5.10 Å². The van der Waals surface area contributed by atoms with Crippen LogP contribution < -0.4 is 4.72 Å². The van der Waals surface area contributed by atoms with E-state index in [0.717, 1.165) is 23.4 Å². The maximum Gasteiger partial charge on any atom is 0.269 e. The van der Waals surface area contributed by atoms with E-state index >= 15 is 0 Å². The van der Waals surface area contributed by atoms with E-state index in [1.807, 2.05) is 0 Å². The lowest BCUT2D eigenvalue weighted by molar-refractivity contribution is -0.384. The smallest absolute Gasteiger partial charge is 0.258 e. The molecule has 1 aromatic heterocycles. The van der Waals surface area contributed by atoms with Gasteiger partial charge in [0.15, 0.2) is 0 Å². The second-order valence-electron chi connectivity index (χ2n) is 5.53. The summed E-state index contributed by atoms with van der Waals surface area (Å²) in [4.78, 5) is 13.9. The van der Waals surface area contributed by atoms with E-state index in [2.05, 4.69) is 14.8 Å². The molecule has 1 atom stereocenters. The quantitative estimate of drug-likeness (QED) is 0.522. The number of nitro benzene ring substituents is 1. The van der Waals surface area contributed by atoms with Crippen molar-refractivity contribution in [3.63, 3.8) is 0 Å². The lowest BCUT2D eigenvalue weighted by Gasteiger charge is -2.15. The Kier molecular flexibility index (Phi) is 4.78. The third kappa shape index (κ3) is 3.76. The Hall–Kier alpha value is -3.11. The molecule has 3 rings (SSSR count). The fraction of sp³-hybridized carbons (Fsp3) is 0.125. The van der Waals surface area contributed by atoms with Crippen LogP contribution in [0.15, 0.2) is 66.1 Å². The molecule has 1 N–H and O–H groups in total. The second kappa shape index (κ2) is 7.02. The maximum absolute atomic E-state index is 12.4. The van der Waals surface area contributed by atoms with Crippen molar-refractivity contribution < 1.29 is 13.3 Å². The Morgan fingerprint density at radius 3 is 2.31 bits per heavy atom. The Bertz CT molecular complexity index is 1000. The van der Waals surface area contributed by atoms with Crippen molar-refractivity contribution in [2.75, 3.05) is 0 Å². The van der Waals surface area contributed by atoms with Crippen LogP contribution in [0, 0.1) is 10.1 Å². The Morgan fingerprint density at radius 1 is 1.12 bits per heavy atom. The highest BCUT2D eigenvalue weighted by molar-refractivity contribution is 7.89. The first-order valence-corrected chi connectivity index (χ1v) is 9.07. The van der Waals surface area contributed by atoms with Gasteiger partial charge < -0.3 is 0 Å². The maximum atomic E-state index is 12.4. The van der Waals surface area contributed by atoms with Crippen LogP contribution in [0.25, 0.3) is 5.69 Å². The number of nitro groups is 1. The summed E-state index contributed by atoms with van der Waals surface area (Å²) in [5, 5.41) is 14.7. The van der Waals surface area contributed by atoms with Gasteiger partial charge in [0.1, 0.15) is 12.7 Å². The van der Waals surface area contributed by atoms with E-state index < -0.39 is 21.0 Å². The third-order valence-corrected chi connectivity index (χ3v) is 5.32. The molecular weight excluding hydrogens is 358 g/mol. The minimum atomic E-state index is -3.80. The molecule has 0 spiro atoms. The first-order valence-electron chi connectivity index (χ1n) is 7.58. The van der Waals surface area contributed by atoms with Crippen LogP contribution in [0.1, 0.15) is 18.5 Å². The Morgan fingerprint density at radius 2 is 1.77 bits per heavy atom. The van der Waals surface area contributed by atoms with Crippen LogP contribution in [-0.2, 0) is 10.0 Å². The molecule has 0 saturated carbocycles. The molecule has 0 fully saturated rings. The van der Waals surface area contributed by atoms with Crippen molar-refractivity contribution >= 4 is 15.7 Å². The molecule has 0 aliphatic rings. The van der Waals surface area contributed by atoms with Crippen molar-refractivity contribution in [2.24, 2.45) is 0 Å². The fourth-order valence-electron chi connectivity index (χ4n) is 2.37. The molecule has 1 heterocycles. The van der Waals surface area contributed by atoms with Crippen LogP contribution in [0.3, 0.4) is 0 Å². The molecule has 0 amide bonds. The van der Waals surface area contributed by atoms with Crippen molar-refractivity contribution in [1.82, 2.24) is 19.5 Å². The van der Waals surface area contributed by atoms with Crippen LogP contribution in [0.5, 0.6) is 0 Å². The van der Waals surface area contributed by atoms with Gasteiger partial charge in [-0.1, -0.05) is 12.1 Å². The average molecular weight is 373 g/mol. The number of rotatable bonds is 6. The highest BCUT2D eigenvalue weighted by Crippen LogP contribution is 2.20. The summed E-state index contributed by atoms with van der Waals surface area (Å²) in [5.41, 5.74) is 1.40. The van der Waals surface area contributed by atoms with Gasteiger partial charge >= 0.3 is 0 Å². The minimum Gasteiger partial charge on any atom is -0.258 e. The van der Waals surface area contributed by atoms with Crippen LogP contribution >= 0.6 is 0 Å². The molecule has 0 aliphatic carbocycles. The normalized spacial score (nSPS) is 12.7. The van der Waals surface area contributed by atoms with Gasteiger partial charge in [-0.05, 0) is 36.8 Å². The molecule has 0 aliphatic heterocycles. The number of nitrogens with zero attached hydrogens (tertiary/aromatic N) is 4. The molecule has 26 heavy (non-hydrogen) atoms. The van der Waals surface area contributed by atoms with Crippen molar-refractivity contribution in [1.29, 1.82) is 0 Å². The molecule has 10 heteroatoms. The van der Waals surface area contributed by atoms with E-state index in [0.29, 0.717) is 0 Å². The summed E-state index contributed by atoms with van der Waals surface area (Å²) in [5.74, 6) is 0. The Balaban J connectivity index is 1.75. The summed E-state index contributed by atoms with van der Waals surface area (Å²) in [7, 11) is -3.80. The summed E-state index contributed by atoms with van der Waals surface area (Å²) in [6, 6.07) is 11.4. The van der Waals surface area contributed by atoms with E-state index in [1.165, 1.54) is 18.5 Å². The SMILES string of the molecule is C[C@@H](NS(=O)(=O)c1ccc([N+](=O)[O-])cc1)c1ccc(-n2cncn2)cc1. The number of non-ortho nitro benzene ring substituents is 1. The topological polar surface area (TPSA) is 120 Å². The molecule has 134 valence electrons. The second-order valence-corrected chi connectivity index (χ2v) is 7.24. The molecule has 9 nitrogen and oxygen atoms in total. The minimum absolute atomic E-state index is 0.0332. The van der Waals surface area contributed by atoms with Gasteiger partial charge in [0, 0.05) is 18.2 Å². The summed E-state index contributed by atoms with van der Waals surface area (Å²) >= 11 is 0. The molecule has 2 aromatic carbocycles. The predicted octanol–water partition coefficient (Wildman–Crippen LogP) is 2.21. The average Bonchev–Trinajstić information content (AvgIpc) is 3.16.